The highest BCUT2D eigenvalue weighted by molar-refractivity contribution is 5.65. The standard InChI is InChI=1S/C16H20O6/c1-10(17)19-9-12-13(14-15(22-14)16(18-2)21-12)20-8-11-6-4-3-5-7-11/h3-7,12-16H,8-9H2,1-2H3/t12-,13+,14+,15+,16+/m0/s1. The van der Waals surface area contributed by atoms with Gasteiger partial charge in [0.25, 0.3) is 0 Å². The second-order valence-electron chi connectivity index (χ2n) is 5.41. The summed E-state index contributed by atoms with van der Waals surface area (Å²) in [6.07, 6.45) is -1.32. The van der Waals surface area contributed by atoms with Crippen LogP contribution in [0.25, 0.3) is 0 Å². The summed E-state index contributed by atoms with van der Waals surface area (Å²) in [6, 6.07) is 9.87. The lowest BCUT2D eigenvalue weighted by molar-refractivity contribution is -0.221. The van der Waals surface area contributed by atoms with Crippen LogP contribution in [0, 0.1) is 0 Å². The Kier molecular flexibility index (Phi) is 4.73. The van der Waals surface area contributed by atoms with E-state index < -0.39 is 12.4 Å². The van der Waals surface area contributed by atoms with E-state index in [1.807, 2.05) is 30.3 Å². The normalized spacial score (nSPS) is 33.1. The number of carbonyl (C=O) groups excluding carboxylic acids is 1. The molecule has 0 radical (unpaired) electrons. The molecule has 22 heavy (non-hydrogen) atoms. The fourth-order valence-electron chi connectivity index (χ4n) is 2.65. The van der Waals surface area contributed by atoms with Gasteiger partial charge in [-0.2, -0.15) is 0 Å². The molecule has 2 heterocycles. The van der Waals surface area contributed by atoms with Gasteiger partial charge in [-0.1, -0.05) is 30.3 Å². The second kappa shape index (κ2) is 6.75. The van der Waals surface area contributed by atoms with Gasteiger partial charge in [0, 0.05) is 14.0 Å². The van der Waals surface area contributed by atoms with Crippen molar-refractivity contribution in [2.75, 3.05) is 13.7 Å². The van der Waals surface area contributed by atoms with Crippen molar-refractivity contribution in [1.82, 2.24) is 0 Å². The molecule has 0 saturated carbocycles. The molecule has 2 aliphatic rings. The molecule has 5 atom stereocenters. The Balaban J connectivity index is 1.62. The molecule has 6 heteroatoms. The molecule has 2 aliphatic heterocycles. The number of epoxide rings is 1. The Bertz CT molecular complexity index is 505. The number of fused-ring (bicyclic) bond motifs is 1. The highest BCUT2D eigenvalue weighted by Crippen LogP contribution is 2.39. The summed E-state index contributed by atoms with van der Waals surface area (Å²) in [5.74, 6) is -0.349. The molecule has 0 unspecified atom stereocenters. The fraction of sp³-hybridized carbons (Fsp3) is 0.562. The zero-order valence-electron chi connectivity index (χ0n) is 12.6. The van der Waals surface area contributed by atoms with E-state index in [1.165, 1.54) is 6.92 Å². The molecule has 120 valence electrons. The summed E-state index contributed by atoms with van der Waals surface area (Å²) in [4.78, 5) is 11.0. The number of rotatable bonds is 6. The summed E-state index contributed by atoms with van der Waals surface area (Å²) < 4.78 is 27.7. The van der Waals surface area contributed by atoms with E-state index in [0.717, 1.165) is 5.56 Å². The van der Waals surface area contributed by atoms with Crippen LogP contribution in [0.4, 0.5) is 0 Å². The van der Waals surface area contributed by atoms with Crippen molar-refractivity contribution in [3.8, 4) is 0 Å². The Labute approximate surface area is 129 Å². The highest BCUT2D eigenvalue weighted by Gasteiger charge is 2.59. The van der Waals surface area contributed by atoms with E-state index >= 15 is 0 Å². The average Bonchev–Trinajstić information content (AvgIpc) is 3.32. The highest BCUT2D eigenvalue weighted by atomic mass is 16.8. The number of esters is 1. The minimum absolute atomic E-state index is 0.0806. The van der Waals surface area contributed by atoms with Crippen LogP contribution < -0.4 is 0 Å². The third kappa shape index (κ3) is 3.47. The van der Waals surface area contributed by atoms with Gasteiger partial charge in [0.15, 0.2) is 6.29 Å². The molecule has 0 amide bonds. The van der Waals surface area contributed by atoms with Crippen LogP contribution >= 0.6 is 0 Å². The Hall–Kier alpha value is -1.47. The van der Waals surface area contributed by atoms with E-state index in [0.29, 0.717) is 6.61 Å². The number of hydrogen-bond donors (Lipinski definition) is 0. The summed E-state index contributed by atoms with van der Waals surface area (Å²) in [5.41, 5.74) is 1.07. The SMILES string of the molecule is CO[C@@H]1O[C@@H](COC(C)=O)[C@@H](OCc2ccccc2)[C@H]2O[C@@H]12. The van der Waals surface area contributed by atoms with Crippen molar-refractivity contribution in [2.24, 2.45) is 0 Å². The third-order valence-electron chi connectivity index (χ3n) is 3.80. The lowest BCUT2D eigenvalue weighted by atomic mass is 10.0. The fourth-order valence-corrected chi connectivity index (χ4v) is 2.65. The Morgan fingerprint density at radius 2 is 1.95 bits per heavy atom. The van der Waals surface area contributed by atoms with Gasteiger partial charge in [0.05, 0.1) is 6.61 Å². The van der Waals surface area contributed by atoms with Crippen LogP contribution in [0.3, 0.4) is 0 Å². The van der Waals surface area contributed by atoms with Crippen molar-refractivity contribution >= 4 is 5.97 Å². The topological polar surface area (TPSA) is 66.5 Å². The van der Waals surface area contributed by atoms with Crippen LogP contribution in [-0.4, -0.2) is 50.4 Å². The number of carbonyl (C=O) groups is 1. The van der Waals surface area contributed by atoms with Crippen LogP contribution in [0.15, 0.2) is 30.3 Å². The smallest absolute Gasteiger partial charge is 0.302 e. The maximum Gasteiger partial charge on any atom is 0.302 e. The molecule has 0 spiro atoms. The summed E-state index contributed by atoms with van der Waals surface area (Å²) in [5, 5.41) is 0. The van der Waals surface area contributed by atoms with E-state index in [2.05, 4.69) is 0 Å². The second-order valence-corrected chi connectivity index (χ2v) is 5.41. The zero-order valence-corrected chi connectivity index (χ0v) is 12.6. The molecular formula is C16H20O6. The molecular weight excluding hydrogens is 288 g/mol. The van der Waals surface area contributed by atoms with Crippen LogP contribution in [0.5, 0.6) is 0 Å². The van der Waals surface area contributed by atoms with Crippen molar-refractivity contribution in [3.63, 3.8) is 0 Å². The van der Waals surface area contributed by atoms with Crippen molar-refractivity contribution in [3.05, 3.63) is 35.9 Å². The van der Waals surface area contributed by atoms with Gasteiger partial charge in [0.2, 0.25) is 0 Å². The largest absolute Gasteiger partial charge is 0.463 e. The molecule has 0 bridgehead atoms. The van der Waals surface area contributed by atoms with Crippen molar-refractivity contribution in [2.45, 2.75) is 44.2 Å². The predicted molar refractivity (Wildman–Crippen MR) is 76.0 cm³/mol. The molecule has 2 fully saturated rings. The van der Waals surface area contributed by atoms with Crippen molar-refractivity contribution < 1.29 is 28.5 Å². The maximum atomic E-state index is 11.0. The number of benzene rings is 1. The maximum absolute atomic E-state index is 11.0. The van der Waals surface area contributed by atoms with E-state index in [4.69, 9.17) is 23.7 Å². The van der Waals surface area contributed by atoms with Crippen LogP contribution in [-0.2, 0) is 35.1 Å². The van der Waals surface area contributed by atoms with Gasteiger partial charge < -0.3 is 23.7 Å². The van der Waals surface area contributed by atoms with Gasteiger partial charge in [-0.25, -0.2) is 0 Å². The molecule has 0 aliphatic carbocycles. The number of methoxy groups -OCH3 is 1. The lowest BCUT2D eigenvalue weighted by Crippen LogP contribution is -2.49. The summed E-state index contributed by atoms with van der Waals surface area (Å²) in [7, 11) is 1.57. The van der Waals surface area contributed by atoms with E-state index in [9.17, 15) is 4.79 Å². The first-order valence-electron chi connectivity index (χ1n) is 7.31. The van der Waals surface area contributed by atoms with Gasteiger partial charge in [-0.05, 0) is 5.56 Å². The molecule has 0 aromatic heterocycles. The lowest BCUT2D eigenvalue weighted by Gasteiger charge is -2.32. The van der Waals surface area contributed by atoms with Gasteiger partial charge >= 0.3 is 5.97 Å². The van der Waals surface area contributed by atoms with Gasteiger partial charge in [-0.3, -0.25) is 4.79 Å². The molecule has 3 rings (SSSR count). The van der Waals surface area contributed by atoms with E-state index in [1.54, 1.807) is 7.11 Å². The number of hydrogen-bond acceptors (Lipinski definition) is 6. The minimum atomic E-state index is -0.442. The first kappa shape index (κ1) is 15.4. The average molecular weight is 308 g/mol. The molecule has 2 saturated heterocycles. The Morgan fingerprint density at radius 1 is 1.18 bits per heavy atom. The van der Waals surface area contributed by atoms with E-state index in [-0.39, 0.29) is 30.9 Å². The Morgan fingerprint density at radius 3 is 2.64 bits per heavy atom. The quantitative estimate of drug-likeness (QED) is 0.582. The third-order valence-corrected chi connectivity index (χ3v) is 3.80. The van der Waals surface area contributed by atoms with Crippen molar-refractivity contribution in [1.29, 1.82) is 0 Å². The van der Waals surface area contributed by atoms with Crippen LogP contribution in [0.2, 0.25) is 0 Å². The van der Waals surface area contributed by atoms with Gasteiger partial charge in [-0.15, -0.1) is 0 Å². The summed E-state index contributed by atoms with van der Waals surface area (Å²) in [6.45, 7) is 1.95. The monoisotopic (exact) mass is 308 g/mol. The molecule has 1 aromatic carbocycles. The summed E-state index contributed by atoms with van der Waals surface area (Å²) >= 11 is 0. The predicted octanol–water partition coefficient (Wildman–Crippen LogP) is 1.27. The van der Waals surface area contributed by atoms with Gasteiger partial charge in [0.1, 0.15) is 31.0 Å². The molecule has 1 aromatic rings. The minimum Gasteiger partial charge on any atom is -0.463 e. The molecule has 6 nitrogen and oxygen atoms in total. The number of ether oxygens (including phenoxy) is 5. The van der Waals surface area contributed by atoms with Crippen LogP contribution in [0.1, 0.15) is 12.5 Å². The molecule has 0 N–H and O–H groups in total. The first-order valence-corrected chi connectivity index (χ1v) is 7.31. The zero-order chi connectivity index (χ0) is 15.5. The first-order chi connectivity index (χ1) is 10.7.